The van der Waals surface area contributed by atoms with E-state index >= 15 is 0 Å². The molecule has 62 valence electrons. The third-order valence-corrected chi connectivity index (χ3v) is 2.25. The maximum Gasteiger partial charge on any atom is 0.221 e. The Labute approximate surface area is 64.9 Å². The van der Waals surface area contributed by atoms with Gasteiger partial charge < -0.3 is 11.5 Å². The first kappa shape index (κ1) is 8.04. The Balaban J connectivity index is 2.65. The maximum absolute atomic E-state index is 10.7. The summed E-state index contributed by atoms with van der Waals surface area (Å²) >= 11 is 0. The summed E-state index contributed by atoms with van der Waals surface area (Å²) in [7, 11) is 0. The lowest BCUT2D eigenvalue weighted by Gasteiger charge is -2.11. The monoisotopic (exact) mass is 156 g/mol. The van der Waals surface area contributed by atoms with E-state index in [-0.39, 0.29) is 11.8 Å². The SMILES string of the molecule is NC(=O)[C@@H]1CCC[C@H]1C(N)=O. The van der Waals surface area contributed by atoms with Crippen LogP contribution in [0.2, 0.25) is 0 Å². The van der Waals surface area contributed by atoms with Crippen molar-refractivity contribution in [3.63, 3.8) is 0 Å². The van der Waals surface area contributed by atoms with Crippen molar-refractivity contribution in [1.29, 1.82) is 0 Å². The van der Waals surface area contributed by atoms with Crippen molar-refractivity contribution in [2.75, 3.05) is 0 Å². The van der Waals surface area contributed by atoms with E-state index in [1.165, 1.54) is 0 Å². The van der Waals surface area contributed by atoms with Gasteiger partial charge in [-0.1, -0.05) is 6.42 Å². The highest BCUT2D eigenvalue weighted by molar-refractivity contribution is 5.86. The van der Waals surface area contributed by atoms with Gasteiger partial charge in [-0.3, -0.25) is 9.59 Å². The molecule has 4 N–H and O–H groups in total. The third-order valence-electron chi connectivity index (χ3n) is 2.25. The zero-order valence-corrected chi connectivity index (χ0v) is 6.25. The lowest BCUT2D eigenvalue weighted by Crippen LogP contribution is -2.34. The first-order chi connectivity index (χ1) is 5.13. The molecule has 11 heavy (non-hydrogen) atoms. The zero-order valence-electron chi connectivity index (χ0n) is 6.25. The third kappa shape index (κ3) is 1.50. The molecule has 1 rings (SSSR count). The molecule has 0 heterocycles. The second kappa shape index (κ2) is 2.90. The van der Waals surface area contributed by atoms with Crippen LogP contribution in [0.25, 0.3) is 0 Å². The van der Waals surface area contributed by atoms with E-state index in [0.717, 1.165) is 6.42 Å². The summed E-state index contributed by atoms with van der Waals surface area (Å²) in [6, 6.07) is 0. The fraction of sp³-hybridized carbons (Fsp3) is 0.714. The number of rotatable bonds is 2. The molecule has 1 fully saturated rings. The fourth-order valence-electron chi connectivity index (χ4n) is 1.64. The van der Waals surface area contributed by atoms with E-state index in [1.54, 1.807) is 0 Å². The van der Waals surface area contributed by atoms with Gasteiger partial charge in [0, 0.05) is 11.8 Å². The Kier molecular flexibility index (Phi) is 2.12. The Morgan fingerprint density at radius 2 is 1.36 bits per heavy atom. The van der Waals surface area contributed by atoms with Gasteiger partial charge in [-0.25, -0.2) is 0 Å². The van der Waals surface area contributed by atoms with Gasteiger partial charge in [0.2, 0.25) is 11.8 Å². The minimum absolute atomic E-state index is 0.313. The van der Waals surface area contributed by atoms with Crippen LogP contribution < -0.4 is 11.5 Å². The van der Waals surface area contributed by atoms with Crippen molar-refractivity contribution in [1.82, 2.24) is 0 Å². The second-order valence-electron chi connectivity index (χ2n) is 2.95. The highest BCUT2D eigenvalue weighted by atomic mass is 16.2. The van der Waals surface area contributed by atoms with Gasteiger partial charge in [0.1, 0.15) is 0 Å². The fourth-order valence-corrected chi connectivity index (χ4v) is 1.64. The van der Waals surface area contributed by atoms with E-state index in [2.05, 4.69) is 0 Å². The topological polar surface area (TPSA) is 86.2 Å². The maximum atomic E-state index is 10.7. The van der Waals surface area contributed by atoms with Crippen LogP contribution in [0.3, 0.4) is 0 Å². The summed E-state index contributed by atoms with van der Waals surface area (Å²) in [5, 5.41) is 0. The van der Waals surface area contributed by atoms with Crippen LogP contribution in [0.1, 0.15) is 19.3 Å². The molecule has 0 aromatic rings. The number of hydrogen-bond acceptors (Lipinski definition) is 2. The van der Waals surface area contributed by atoms with Crippen molar-refractivity contribution in [2.45, 2.75) is 19.3 Å². The Morgan fingerprint density at radius 3 is 1.64 bits per heavy atom. The molecule has 4 heteroatoms. The lowest BCUT2D eigenvalue weighted by molar-refractivity contribution is -0.130. The molecule has 1 aliphatic carbocycles. The molecule has 0 aromatic carbocycles. The minimum atomic E-state index is -0.397. The smallest absolute Gasteiger partial charge is 0.221 e. The molecule has 0 aromatic heterocycles. The van der Waals surface area contributed by atoms with E-state index in [0.29, 0.717) is 12.8 Å². The second-order valence-corrected chi connectivity index (χ2v) is 2.95. The molecule has 2 atom stereocenters. The summed E-state index contributed by atoms with van der Waals surface area (Å²) < 4.78 is 0. The van der Waals surface area contributed by atoms with Crippen molar-refractivity contribution >= 4 is 11.8 Å². The van der Waals surface area contributed by atoms with Crippen LogP contribution in [0.15, 0.2) is 0 Å². The van der Waals surface area contributed by atoms with Gasteiger partial charge in [-0.05, 0) is 12.8 Å². The predicted molar refractivity (Wildman–Crippen MR) is 39.2 cm³/mol. The summed E-state index contributed by atoms with van der Waals surface area (Å²) in [5.41, 5.74) is 10.2. The van der Waals surface area contributed by atoms with E-state index in [4.69, 9.17) is 11.5 Å². The first-order valence-corrected chi connectivity index (χ1v) is 3.71. The molecule has 1 saturated carbocycles. The number of primary amides is 2. The van der Waals surface area contributed by atoms with E-state index in [1.807, 2.05) is 0 Å². The van der Waals surface area contributed by atoms with E-state index in [9.17, 15) is 9.59 Å². The van der Waals surface area contributed by atoms with Crippen LogP contribution in [0.4, 0.5) is 0 Å². The highest BCUT2D eigenvalue weighted by Gasteiger charge is 2.34. The van der Waals surface area contributed by atoms with Gasteiger partial charge in [0.25, 0.3) is 0 Å². The van der Waals surface area contributed by atoms with Crippen LogP contribution in [0.5, 0.6) is 0 Å². The normalized spacial score (nSPS) is 30.2. The predicted octanol–water partition coefficient (Wildman–Crippen LogP) is -0.627. The zero-order chi connectivity index (χ0) is 8.43. The molecule has 1 aliphatic rings. The van der Waals surface area contributed by atoms with Crippen molar-refractivity contribution in [2.24, 2.45) is 23.3 Å². The molecule has 0 saturated heterocycles. The standard InChI is InChI=1S/C7H12N2O2/c8-6(10)4-2-1-3-5(4)7(9)11/h4-5H,1-3H2,(H2,8,10)(H2,9,11)/t4-,5-/m1/s1. The summed E-state index contributed by atoms with van der Waals surface area (Å²) in [4.78, 5) is 21.5. The molecular formula is C7H12N2O2. The first-order valence-electron chi connectivity index (χ1n) is 3.71. The van der Waals surface area contributed by atoms with Crippen LogP contribution in [-0.4, -0.2) is 11.8 Å². The highest BCUT2D eigenvalue weighted by Crippen LogP contribution is 2.30. The Hall–Kier alpha value is -1.06. The van der Waals surface area contributed by atoms with Gasteiger partial charge >= 0.3 is 0 Å². The number of nitrogens with two attached hydrogens (primary N) is 2. The van der Waals surface area contributed by atoms with Gasteiger partial charge in [-0.15, -0.1) is 0 Å². The molecule has 0 spiro atoms. The number of amides is 2. The number of hydrogen-bond donors (Lipinski definition) is 2. The van der Waals surface area contributed by atoms with Crippen LogP contribution in [0, 0.1) is 11.8 Å². The van der Waals surface area contributed by atoms with Crippen LogP contribution in [-0.2, 0) is 9.59 Å². The Bertz CT molecular complexity index is 171. The van der Waals surface area contributed by atoms with Crippen LogP contribution >= 0.6 is 0 Å². The Morgan fingerprint density at radius 1 is 1.00 bits per heavy atom. The summed E-state index contributed by atoms with van der Waals surface area (Å²) in [6.07, 6.45) is 2.30. The minimum Gasteiger partial charge on any atom is -0.369 e. The molecule has 0 bridgehead atoms. The molecule has 2 amide bonds. The number of carbonyl (C=O) groups is 2. The quantitative estimate of drug-likeness (QED) is 0.557. The van der Waals surface area contributed by atoms with Crippen molar-refractivity contribution in [3.05, 3.63) is 0 Å². The number of carbonyl (C=O) groups excluding carboxylic acids is 2. The molecule has 4 nitrogen and oxygen atoms in total. The van der Waals surface area contributed by atoms with Crippen molar-refractivity contribution < 1.29 is 9.59 Å². The average Bonchev–Trinajstić information content (AvgIpc) is 2.32. The lowest BCUT2D eigenvalue weighted by atomic mass is 9.95. The molecular weight excluding hydrogens is 144 g/mol. The van der Waals surface area contributed by atoms with Gasteiger partial charge in [-0.2, -0.15) is 0 Å². The van der Waals surface area contributed by atoms with Gasteiger partial charge in [0.05, 0.1) is 0 Å². The summed E-state index contributed by atoms with van der Waals surface area (Å²) in [5.74, 6) is -1.42. The molecule has 0 unspecified atom stereocenters. The largest absolute Gasteiger partial charge is 0.369 e. The van der Waals surface area contributed by atoms with Gasteiger partial charge in [0.15, 0.2) is 0 Å². The summed E-state index contributed by atoms with van der Waals surface area (Å²) in [6.45, 7) is 0. The van der Waals surface area contributed by atoms with Crippen molar-refractivity contribution in [3.8, 4) is 0 Å². The average molecular weight is 156 g/mol. The molecule has 0 radical (unpaired) electrons. The van der Waals surface area contributed by atoms with E-state index < -0.39 is 11.8 Å². The molecule has 0 aliphatic heterocycles.